The smallest absolute Gasteiger partial charge is 0.260 e. The van der Waals surface area contributed by atoms with Crippen molar-refractivity contribution in [3.63, 3.8) is 0 Å². The van der Waals surface area contributed by atoms with Crippen LogP contribution in [0.15, 0.2) is 32.7 Å². The summed E-state index contributed by atoms with van der Waals surface area (Å²) in [6.07, 6.45) is 0.779. The van der Waals surface area contributed by atoms with Crippen molar-refractivity contribution in [2.45, 2.75) is 43.4 Å². The number of halogens is 1. The number of benzene rings is 1. The third kappa shape index (κ3) is 3.75. The number of aromatic nitrogens is 1. The molecule has 1 aromatic heterocycles. The van der Waals surface area contributed by atoms with Gasteiger partial charge in [0, 0.05) is 16.0 Å². The predicted octanol–water partition coefficient (Wildman–Crippen LogP) is 3.99. The summed E-state index contributed by atoms with van der Waals surface area (Å²) in [5.41, 5.74) is 7.77. The molecule has 1 aromatic carbocycles. The number of rotatable bonds is 4. The van der Waals surface area contributed by atoms with Gasteiger partial charge in [0.1, 0.15) is 5.76 Å². The Bertz CT molecular complexity index is 561. The minimum atomic E-state index is 0.105. The van der Waals surface area contributed by atoms with E-state index in [0.29, 0.717) is 5.22 Å². The van der Waals surface area contributed by atoms with Gasteiger partial charge < -0.3 is 10.2 Å². The molecular weight excluding hydrogens is 280 g/mol. The van der Waals surface area contributed by atoms with Crippen LogP contribution in [0.2, 0.25) is 5.02 Å². The van der Waals surface area contributed by atoms with Crippen LogP contribution in [0, 0.1) is 13.8 Å². The summed E-state index contributed by atoms with van der Waals surface area (Å²) < 4.78 is 5.54. The third-order valence-electron chi connectivity index (χ3n) is 2.78. The lowest BCUT2D eigenvalue weighted by Crippen LogP contribution is -2.17. The Labute approximate surface area is 122 Å². The lowest BCUT2D eigenvalue weighted by molar-refractivity contribution is 0.431. The molecule has 0 radical (unpaired) electrons. The lowest BCUT2D eigenvalue weighted by Gasteiger charge is -2.08. The van der Waals surface area contributed by atoms with Crippen molar-refractivity contribution in [1.82, 2.24) is 4.98 Å². The lowest BCUT2D eigenvalue weighted by atomic mass is 10.1. The van der Waals surface area contributed by atoms with Gasteiger partial charge in [-0.2, -0.15) is 0 Å². The van der Waals surface area contributed by atoms with Crippen molar-refractivity contribution < 1.29 is 4.42 Å². The van der Waals surface area contributed by atoms with Crippen molar-refractivity contribution in [2.24, 2.45) is 5.73 Å². The Morgan fingerprint density at radius 3 is 2.68 bits per heavy atom. The van der Waals surface area contributed by atoms with Gasteiger partial charge in [0.05, 0.1) is 5.69 Å². The maximum atomic E-state index is 6.26. The van der Waals surface area contributed by atoms with E-state index in [0.717, 1.165) is 33.4 Å². The number of nitrogens with two attached hydrogens (primary N) is 1. The molecule has 0 aliphatic heterocycles. The Hall–Kier alpha value is -0.970. The molecule has 102 valence electrons. The number of oxazole rings is 1. The zero-order valence-corrected chi connectivity index (χ0v) is 12.8. The Kier molecular flexibility index (Phi) is 4.55. The van der Waals surface area contributed by atoms with E-state index in [1.54, 1.807) is 0 Å². The van der Waals surface area contributed by atoms with E-state index in [1.165, 1.54) is 11.8 Å². The summed E-state index contributed by atoms with van der Waals surface area (Å²) in [7, 11) is 0. The Balaban J connectivity index is 2.15. The normalized spacial score (nSPS) is 12.7. The van der Waals surface area contributed by atoms with Gasteiger partial charge in [0.15, 0.2) is 0 Å². The average Bonchev–Trinajstić information content (AvgIpc) is 2.61. The van der Waals surface area contributed by atoms with Crippen LogP contribution in [0.1, 0.15) is 23.9 Å². The number of hydrogen-bond donors (Lipinski definition) is 1. The fourth-order valence-electron chi connectivity index (χ4n) is 1.69. The highest BCUT2D eigenvalue weighted by Crippen LogP contribution is 2.31. The molecule has 3 nitrogen and oxygen atoms in total. The largest absolute Gasteiger partial charge is 0.436 e. The van der Waals surface area contributed by atoms with Gasteiger partial charge in [0.25, 0.3) is 5.22 Å². The molecule has 0 fully saturated rings. The SMILES string of the molecule is Cc1nc(Sc2ccc(CC(C)N)c(Cl)c2)oc1C. The number of hydrogen-bond acceptors (Lipinski definition) is 4. The van der Waals surface area contributed by atoms with Crippen molar-refractivity contribution in [3.05, 3.63) is 40.2 Å². The minimum absolute atomic E-state index is 0.105. The van der Waals surface area contributed by atoms with Gasteiger partial charge in [0.2, 0.25) is 0 Å². The van der Waals surface area contributed by atoms with Gasteiger partial charge in [-0.15, -0.1) is 0 Å². The molecule has 0 amide bonds. The highest BCUT2D eigenvalue weighted by Gasteiger charge is 2.10. The molecule has 19 heavy (non-hydrogen) atoms. The molecule has 0 aliphatic rings. The molecule has 2 rings (SSSR count). The van der Waals surface area contributed by atoms with Crippen LogP contribution in [0.25, 0.3) is 0 Å². The first kappa shape index (κ1) is 14.4. The zero-order chi connectivity index (χ0) is 14.0. The minimum Gasteiger partial charge on any atom is -0.436 e. The van der Waals surface area contributed by atoms with Crippen molar-refractivity contribution in [2.75, 3.05) is 0 Å². The molecule has 2 aromatic rings. The first-order chi connectivity index (χ1) is 8.95. The molecule has 1 unspecified atom stereocenters. The summed E-state index contributed by atoms with van der Waals surface area (Å²) in [5, 5.41) is 1.38. The molecule has 0 bridgehead atoms. The summed E-state index contributed by atoms with van der Waals surface area (Å²) in [4.78, 5) is 5.35. The van der Waals surface area contributed by atoms with Crippen molar-refractivity contribution in [1.29, 1.82) is 0 Å². The fraction of sp³-hybridized carbons (Fsp3) is 0.357. The summed E-state index contributed by atoms with van der Waals surface area (Å²) in [5.74, 6) is 0.849. The molecule has 2 N–H and O–H groups in total. The van der Waals surface area contributed by atoms with Crippen LogP contribution in [0.4, 0.5) is 0 Å². The second-order valence-corrected chi connectivity index (χ2v) is 6.09. The van der Waals surface area contributed by atoms with E-state index >= 15 is 0 Å². The molecule has 0 aliphatic carbocycles. The van der Waals surface area contributed by atoms with E-state index < -0.39 is 0 Å². The maximum Gasteiger partial charge on any atom is 0.260 e. The first-order valence-corrected chi connectivity index (χ1v) is 7.31. The number of nitrogens with zero attached hydrogens (tertiary/aromatic N) is 1. The highest BCUT2D eigenvalue weighted by molar-refractivity contribution is 7.99. The summed E-state index contributed by atoms with van der Waals surface area (Å²) in [6, 6.07) is 6.06. The van der Waals surface area contributed by atoms with Crippen LogP contribution < -0.4 is 5.73 Å². The monoisotopic (exact) mass is 296 g/mol. The number of aryl methyl sites for hydroxylation is 2. The van der Waals surface area contributed by atoms with Crippen LogP contribution in [0.5, 0.6) is 0 Å². The standard InChI is InChI=1S/C14H17ClN2OS/c1-8(16)6-11-4-5-12(7-13(11)15)19-14-17-9(2)10(3)18-14/h4-5,7-8H,6,16H2,1-3H3. The average molecular weight is 297 g/mol. The van der Waals surface area contributed by atoms with E-state index in [2.05, 4.69) is 4.98 Å². The van der Waals surface area contributed by atoms with Crippen LogP contribution in [-0.4, -0.2) is 11.0 Å². The fourth-order valence-corrected chi connectivity index (χ4v) is 2.88. The second kappa shape index (κ2) is 5.99. The molecule has 0 saturated heterocycles. The zero-order valence-electron chi connectivity index (χ0n) is 11.2. The van der Waals surface area contributed by atoms with Crippen LogP contribution in [0.3, 0.4) is 0 Å². The first-order valence-electron chi connectivity index (χ1n) is 6.11. The van der Waals surface area contributed by atoms with Crippen LogP contribution >= 0.6 is 23.4 Å². The van der Waals surface area contributed by atoms with E-state index in [1.807, 2.05) is 39.0 Å². The van der Waals surface area contributed by atoms with Gasteiger partial charge in [-0.05, 0) is 56.7 Å². The van der Waals surface area contributed by atoms with Crippen molar-refractivity contribution in [3.8, 4) is 0 Å². The summed E-state index contributed by atoms with van der Waals surface area (Å²) in [6.45, 7) is 5.81. The molecule has 1 atom stereocenters. The van der Waals surface area contributed by atoms with E-state index in [4.69, 9.17) is 21.8 Å². The highest BCUT2D eigenvalue weighted by atomic mass is 35.5. The molecule has 0 spiro atoms. The topological polar surface area (TPSA) is 52.0 Å². The molecule has 5 heteroatoms. The Morgan fingerprint density at radius 1 is 1.42 bits per heavy atom. The predicted molar refractivity (Wildman–Crippen MR) is 78.9 cm³/mol. The molecular formula is C14H17ClN2OS. The van der Waals surface area contributed by atoms with Gasteiger partial charge in [-0.1, -0.05) is 17.7 Å². The van der Waals surface area contributed by atoms with Crippen molar-refractivity contribution >= 4 is 23.4 Å². The van der Waals surface area contributed by atoms with E-state index in [-0.39, 0.29) is 6.04 Å². The third-order valence-corrected chi connectivity index (χ3v) is 3.97. The molecule has 1 heterocycles. The van der Waals surface area contributed by atoms with Gasteiger partial charge in [-0.25, -0.2) is 4.98 Å². The summed E-state index contributed by atoms with van der Waals surface area (Å²) >= 11 is 7.73. The molecule has 0 saturated carbocycles. The quantitative estimate of drug-likeness (QED) is 0.927. The maximum absolute atomic E-state index is 6.26. The van der Waals surface area contributed by atoms with Gasteiger partial charge in [-0.3, -0.25) is 0 Å². The van der Waals surface area contributed by atoms with E-state index in [9.17, 15) is 0 Å². The Morgan fingerprint density at radius 2 is 2.16 bits per heavy atom. The van der Waals surface area contributed by atoms with Gasteiger partial charge >= 0.3 is 0 Å². The van der Waals surface area contributed by atoms with Crippen LogP contribution in [-0.2, 0) is 6.42 Å². The second-order valence-electron chi connectivity index (χ2n) is 4.66.